The molecule has 0 fully saturated rings. The summed E-state index contributed by atoms with van der Waals surface area (Å²) < 4.78 is 21.7. The molecule has 0 aliphatic heterocycles. The highest BCUT2D eigenvalue weighted by atomic mass is 35.7. The van der Waals surface area contributed by atoms with E-state index in [2.05, 4.69) is 4.98 Å². The van der Waals surface area contributed by atoms with Crippen molar-refractivity contribution in [2.24, 2.45) is 0 Å². The molecule has 2 rings (SSSR count). The van der Waals surface area contributed by atoms with Gasteiger partial charge in [-0.2, -0.15) is 0 Å². The molecule has 0 radical (unpaired) electrons. The number of aromatic nitrogens is 1. The van der Waals surface area contributed by atoms with Crippen molar-refractivity contribution in [1.29, 1.82) is 0 Å². The van der Waals surface area contributed by atoms with Crippen LogP contribution in [0.1, 0.15) is 5.69 Å². The smallest absolute Gasteiger partial charge is 0.238 e. The third-order valence-electron chi connectivity index (χ3n) is 1.97. The van der Waals surface area contributed by atoms with Crippen LogP contribution < -0.4 is 0 Å². The Morgan fingerprint density at radius 3 is 2.67 bits per heavy atom. The molecule has 15 heavy (non-hydrogen) atoms. The van der Waals surface area contributed by atoms with Gasteiger partial charge in [-0.05, 0) is 24.3 Å². The zero-order chi connectivity index (χ0) is 11.1. The number of halogens is 2. The largest absolute Gasteiger partial charge is 0.358 e. The molecule has 80 valence electrons. The van der Waals surface area contributed by atoms with E-state index in [4.69, 9.17) is 22.3 Å². The van der Waals surface area contributed by atoms with E-state index >= 15 is 0 Å². The molecule has 0 spiro atoms. The van der Waals surface area contributed by atoms with E-state index < -0.39 is 9.05 Å². The summed E-state index contributed by atoms with van der Waals surface area (Å²) in [4.78, 5) is 2.96. The van der Waals surface area contributed by atoms with Crippen molar-refractivity contribution in [2.75, 3.05) is 0 Å². The van der Waals surface area contributed by atoms with Gasteiger partial charge in [-0.1, -0.05) is 11.6 Å². The summed E-state index contributed by atoms with van der Waals surface area (Å²) in [5.41, 5.74) is 1.40. The summed E-state index contributed by atoms with van der Waals surface area (Å²) in [5, 5.41) is 1.49. The molecule has 0 amide bonds. The molecule has 2 aromatic rings. The fraction of sp³-hybridized carbons (Fsp3) is 0.111. The minimum Gasteiger partial charge on any atom is -0.358 e. The molecular weight excluding hydrogens is 257 g/mol. The van der Waals surface area contributed by atoms with Crippen LogP contribution in [0.25, 0.3) is 10.9 Å². The molecule has 0 atom stereocenters. The van der Waals surface area contributed by atoms with Crippen LogP contribution in [-0.2, 0) is 14.8 Å². The van der Waals surface area contributed by atoms with Crippen LogP contribution in [0.2, 0.25) is 5.02 Å². The Kier molecular flexibility index (Phi) is 2.66. The highest BCUT2D eigenvalue weighted by Gasteiger charge is 2.09. The Balaban J connectivity index is 2.48. The number of benzene rings is 1. The average molecular weight is 264 g/mol. The molecule has 0 saturated carbocycles. The zero-order valence-electron chi connectivity index (χ0n) is 7.50. The lowest BCUT2D eigenvalue weighted by atomic mass is 10.2. The third kappa shape index (κ3) is 2.65. The molecule has 0 bridgehead atoms. The fourth-order valence-corrected chi connectivity index (χ4v) is 2.49. The van der Waals surface area contributed by atoms with Crippen molar-refractivity contribution in [3.63, 3.8) is 0 Å². The van der Waals surface area contributed by atoms with Gasteiger partial charge in [-0.25, -0.2) is 8.42 Å². The predicted octanol–water partition coefficient (Wildman–Crippen LogP) is 2.89. The maximum Gasteiger partial charge on any atom is 0.238 e. The summed E-state index contributed by atoms with van der Waals surface area (Å²) in [6, 6.07) is 7.01. The van der Waals surface area contributed by atoms with Crippen LogP contribution in [0.5, 0.6) is 0 Å². The molecule has 1 aromatic heterocycles. The van der Waals surface area contributed by atoms with Gasteiger partial charge < -0.3 is 4.98 Å². The van der Waals surface area contributed by atoms with E-state index in [9.17, 15) is 8.42 Å². The van der Waals surface area contributed by atoms with Gasteiger partial charge in [0.2, 0.25) is 9.05 Å². The molecule has 0 aliphatic carbocycles. The second-order valence-corrected chi connectivity index (χ2v) is 6.42. The molecule has 1 heterocycles. The minimum absolute atomic E-state index is 0.207. The Hall–Kier alpha value is -0.710. The van der Waals surface area contributed by atoms with E-state index in [0.717, 1.165) is 10.9 Å². The van der Waals surface area contributed by atoms with Gasteiger partial charge in [0.05, 0.1) is 0 Å². The van der Waals surface area contributed by atoms with Crippen molar-refractivity contribution in [3.8, 4) is 0 Å². The van der Waals surface area contributed by atoms with Gasteiger partial charge in [0, 0.05) is 32.3 Å². The normalized spacial score (nSPS) is 12.1. The topological polar surface area (TPSA) is 49.9 Å². The van der Waals surface area contributed by atoms with Crippen molar-refractivity contribution in [3.05, 3.63) is 35.0 Å². The van der Waals surface area contributed by atoms with E-state index in [-0.39, 0.29) is 5.75 Å². The lowest BCUT2D eigenvalue weighted by Crippen LogP contribution is -1.94. The minimum atomic E-state index is -3.53. The Labute approximate surface area is 96.4 Å². The maximum atomic E-state index is 10.9. The van der Waals surface area contributed by atoms with Crippen molar-refractivity contribution < 1.29 is 8.42 Å². The van der Waals surface area contributed by atoms with Gasteiger partial charge in [0.1, 0.15) is 5.75 Å². The first-order valence-electron chi connectivity index (χ1n) is 4.13. The number of aromatic amines is 1. The standard InChI is InChI=1S/C9H7Cl2NO2S/c10-7-1-2-9-6(3-7)4-8(12-9)5-15(11,13)14/h1-4,12H,5H2. The lowest BCUT2D eigenvalue weighted by molar-refractivity contribution is 0.608. The second-order valence-electron chi connectivity index (χ2n) is 3.21. The van der Waals surface area contributed by atoms with Crippen LogP contribution >= 0.6 is 22.3 Å². The van der Waals surface area contributed by atoms with E-state index in [1.807, 2.05) is 0 Å². The Bertz CT molecular complexity index is 604. The number of fused-ring (bicyclic) bond motifs is 1. The molecule has 6 heteroatoms. The zero-order valence-corrected chi connectivity index (χ0v) is 9.83. The van der Waals surface area contributed by atoms with Crippen molar-refractivity contribution >= 4 is 42.2 Å². The third-order valence-corrected chi connectivity index (χ3v) is 3.18. The van der Waals surface area contributed by atoms with Gasteiger partial charge in [0.25, 0.3) is 0 Å². The summed E-state index contributed by atoms with van der Waals surface area (Å²) in [6.45, 7) is 0. The lowest BCUT2D eigenvalue weighted by Gasteiger charge is -1.90. The first-order chi connectivity index (χ1) is 6.94. The van der Waals surface area contributed by atoms with Gasteiger partial charge in [0.15, 0.2) is 0 Å². The van der Waals surface area contributed by atoms with Gasteiger partial charge in [-0.15, -0.1) is 0 Å². The van der Waals surface area contributed by atoms with Crippen LogP contribution in [0.15, 0.2) is 24.3 Å². The molecular formula is C9H7Cl2NO2S. The Morgan fingerprint density at radius 2 is 2.00 bits per heavy atom. The molecule has 0 aliphatic rings. The van der Waals surface area contributed by atoms with E-state index in [0.29, 0.717) is 10.7 Å². The summed E-state index contributed by atoms with van der Waals surface area (Å²) >= 11 is 5.80. The highest BCUT2D eigenvalue weighted by Crippen LogP contribution is 2.21. The second kappa shape index (κ2) is 3.70. The summed E-state index contributed by atoms with van der Waals surface area (Å²) in [5.74, 6) is -0.207. The van der Waals surface area contributed by atoms with Crippen LogP contribution in [-0.4, -0.2) is 13.4 Å². The SMILES string of the molecule is O=S(=O)(Cl)Cc1cc2cc(Cl)ccc2[nH]1. The number of hydrogen-bond acceptors (Lipinski definition) is 2. The molecule has 1 aromatic carbocycles. The number of H-pyrrole nitrogens is 1. The molecule has 3 nitrogen and oxygen atoms in total. The first-order valence-corrected chi connectivity index (χ1v) is 6.99. The summed E-state index contributed by atoms with van der Waals surface area (Å²) in [6.07, 6.45) is 0. The van der Waals surface area contributed by atoms with Crippen LogP contribution in [0.3, 0.4) is 0 Å². The monoisotopic (exact) mass is 263 g/mol. The highest BCUT2D eigenvalue weighted by molar-refractivity contribution is 8.13. The van der Waals surface area contributed by atoms with Crippen LogP contribution in [0.4, 0.5) is 0 Å². The van der Waals surface area contributed by atoms with Crippen molar-refractivity contribution in [2.45, 2.75) is 5.75 Å². The van der Waals surface area contributed by atoms with Crippen LogP contribution in [0, 0.1) is 0 Å². The molecule has 0 saturated heterocycles. The number of hydrogen-bond donors (Lipinski definition) is 1. The summed E-state index contributed by atoms with van der Waals surface area (Å²) in [7, 11) is 1.63. The quantitative estimate of drug-likeness (QED) is 0.848. The average Bonchev–Trinajstić information content (AvgIpc) is 2.42. The van der Waals surface area contributed by atoms with Gasteiger partial charge in [-0.3, -0.25) is 0 Å². The predicted molar refractivity (Wildman–Crippen MR) is 61.8 cm³/mol. The fourth-order valence-electron chi connectivity index (χ4n) is 1.43. The first kappa shape index (κ1) is 10.8. The van der Waals surface area contributed by atoms with Crippen molar-refractivity contribution in [1.82, 2.24) is 4.98 Å². The van der Waals surface area contributed by atoms with E-state index in [1.54, 1.807) is 24.3 Å². The maximum absolute atomic E-state index is 10.9. The Morgan fingerprint density at radius 1 is 1.27 bits per heavy atom. The number of rotatable bonds is 2. The number of nitrogens with one attached hydrogen (secondary N) is 1. The molecule has 1 N–H and O–H groups in total. The van der Waals surface area contributed by atoms with E-state index in [1.165, 1.54) is 0 Å². The molecule has 0 unspecified atom stereocenters. The van der Waals surface area contributed by atoms with Gasteiger partial charge >= 0.3 is 0 Å².